The lowest BCUT2D eigenvalue weighted by molar-refractivity contribution is -0.120. The van der Waals surface area contributed by atoms with Crippen molar-refractivity contribution in [2.45, 2.75) is 13.3 Å². The topological polar surface area (TPSA) is 51.2 Å². The summed E-state index contributed by atoms with van der Waals surface area (Å²) in [7, 11) is 0. The van der Waals surface area contributed by atoms with E-state index in [0.29, 0.717) is 18.2 Å². The minimum absolute atomic E-state index is 0.0311. The third-order valence-corrected chi connectivity index (χ3v) is 3.44. The summed E-state index contributed by atoms with van der Waals surface area (Å²) in [6.07, 6.45) is 2.38. The van der Waals surface area contributed by atoms with Crippen molar-refractivity contribution in [1.82, 2.24) is 4.98 Å². The number of nitrogens with zero attached hydrogens (tertiary/aromatic N) is 1. The molecule has 0 saturated carbocycles. The van der Waals surface area contributed by atoms with Crippen LogP contribution in [0.4, 0.5) is 9.52 Å². The molecule has 4 nitrogen and oxygen atoms in total. The molecule has 1 aromatic heterocycles. The first-order valence-corrected chi connectivity index (χ1v) is 7.05. The summed E-state index contributed by atoms with van der Waals surface area (Å²) < 4.78 is 17.8. The SMILES string of the molecule is CCOCC(=O)Nc1ncc(Cc2ccc(F)cc2)s1. The van der Waals surface area contributed by atoms with Crippen LogP contribution >= 0.6 is 11.3 Å². The van der Waals surface area contributed by atoms with E-state index < -0.39 is 0 Å². The van der Waals surface area contributed by atoms with Gasteiger partial charge >= 0.3 is 0 Å². The summed E-state index contributed by atoms with van der Waals surface area (Å²) in [5, 5.41) is 3.22. The number of hydrogen-bond acceptors (Lipinski definition) is 4. The number of carbonyl (C=O) groups is 1. The molecule has 0 radical (unpaired) electrons. The first-order chi connectivity index (χ1) is 9.67. The Morgan fingerprint density at radius 3 is 2.85 bits per heavy atom. The van der Waals surface area contributed by atoms with Crippen molar-refractivity contribution in [2.75, 3.05) is 18.5 Å². The van der Waals surface area contributed by atoms with Gasteiger partial charge in [0.15, 0.2) is 5.13 Å². The Bertz CT molecular complexity index is 569. The van der Waals surface area contributed by atoms with E-state index >= 15 is 0 Å². The average molecular weight is 294 g/mol. The van der Waals surface area contributed by atoms with Crippen molar-refractivity contribution >= 4 is 22.4 Å². The van der Waals surface area contributed by atoms with Gasteiger partial charge in [-0.3, -0.25) is 10.1 Å². The highest BCUT2D eigenvalue weighted by molar-refractivity contribution is 7.15. The Morgan fingerprint density at radius 2 is 2.15 bits per heavy atom. The number of carbonyl (C=O) groups excluding carboxylic acids is 1. The minimum Gasteiger partial charge on any atom is -0.372 e. The highest BCUT2D eigenvalue weighted by atomic mass is 32.1. The van der Waals surface area contributed by atoms with E-state index in [1.54, 1.807) is 18.3 Å². The number of hydrogen-bond donors (Lipinski definition) is 1. The van der Waals surface area contributed by atoms with Crippen LogP contribution in [-0.4, -0.2) is 24.1 Å². The molecule has 0 bridgehead atoms. The number of amides is 1. The van der Waals surface area contributed by atoms with Crippen molar-refractivity contribution in [3.05, 3.63) is 46.7 Å². The smallest absolute Gasteiger partial charge is 0.252 e. The maximum atomic E-state index is 12.8. The Balaban J connectivity index is 1.91. The van der Waals surface area contributed by atoms with Gasteiger partial charge in [-0.05, 0) is 24.6 Å². The molecule has 0 atom stereocenters. The van der Waals surface area contributed by atoms with Crippen LogP contribution in [0.5, 0.6) is 0 Å². The minimum atomic E-state index is -0.248. The third-order valence-electron chi connectivity index (χ3n) is 2.53. The molecule has 1 amide bonds. The van der Waals surface area contributed by atoms with E-state index in [4.69, 9.17) is 4.74 Å². The molecular formula is C14H15FN2O2S. The van der Waals surface area contributed by atoms with Gasteiger partial charge in [0.2, 0.25) is 0 Å². The maximum Gasteiger partial charge on any atom is 0.252 e. The van der Waals surface area contributed by atoms with Crippen LogP contribution in [0, 0.1) is 5.82 Å². The number of halogens is 1. The van der Waals surface area contributed by atoms with Gasteiger partial charge in [0, 0.05) is 24.1 Å². The van der Waals surface area contributed by atoms with E-state index in [0.717, 1.165) is 10.4 Å². The summed E-state index contributed by atoms with van der Waals surface area (Å²) in [5.41, 5.74) is 1.00. The number of nitrogens with one attached hydrogen (secondary N) is 1. The van der Waals surface area contributed by atoms with E-state index in [2.05, 4.69) is 10.3 Å². The number of ether oxygens (including phenoxy) is 1. The lowest BCUT2D eigenvalue weighted by Crippen LogP contribution is -2.17. The summed E-state index contributed by atoms with van der Waals surface area (Å²) >= 11 is 1.40. The zero-order valence-corrected chi connectivity index (χ0v) is 11.9. The van der Waals surface area contributed by atoms with Crippen LogP contribution in [0.3, 0.4) is 0 Å². The number of anilines is 1. The molecule has 0 aliphatic carbocycles. The molecule has 0 aliphatic heterocycles. The fraction of sp³-hybridized carbons (Fsp3) is 0.286. The number of rotatable bonds is 6. The van der Waals surface area contributed by atoms with Gasteiger partial charge in [-0.1, -0.05) is 12.1 Å². The normalized spacial score (nSPS) is 10.5. The lowest BCUT2D eigenvalue weighted by atomic mass is 10.1. The Labute approximate surface area is 120 Å². The zero-order chi connectivity index (χ0) is 14.4. The second-order valence-electron chi connectivity index (χ2n) is 4.12. The van der Waals surface area contributed by atoms with Crippen molar-refractivity contribution < 1.29 is 13.9 Å². The molecule has 1 N–H and O–H groups in total. The molecule has 0 fully saturated rings. The van der Waals surface area contributed by atoms with Gasteiger partial charge in [-0.2, -0.15) is 0 Å². The zero-order valence-electron chi connectivity index (χ0n) is 11.1. The second-order valence-corrected chi connectivity index (χ2v) is 5.24. The largest absolute Gasteiger partial charge is 0.372 e. The summed E-state index contributed by atoms with van der Waals surface area (Å²) in [5.74, 6) is -0.462. The van der Waals surface area contributed by atoms with Crippen LogP contribution in [-0.2, 0) is 16.0 Å². The highest BCUT2D eigenvalue weighted by Gasteiger charge is 2.07. The van der Waals surface area contributed by atoms with E-state index in [1.165, 1.54) is 23.5 Å². The monoisotopic (exact) mass is 294 g/mol. The molecule has 0 spiro atoms. The standard InChI is InChI=1S/C14H15FN2O2S/c1-2-19-9-13(18)17-14-16-8-12(20-14)7-10-3-5-11(15)6-4-10/h3-6,8H,2,7,9H2,1H3,(H,16,17,18). The summed E-state index contributed by atoms with van der Waals surface area (Å²) in [4.78, 5) is 16.6. The molecule has 6 heteroatoms. The summed E-state index contributed by atoms with van der Waals surface area (Å²) in [6, 6.07) is 6.34. The van der Waals surface area contributed by atoms with Gasteiger partial charge in [-0.25, -0.2) is 9.37 Å². The first-order valence-electron chi connectivity index (χ1n) is 6.24. The van der Waals surface area contributed by atoms with E-state index in [1.807, 2.05) is 6.92 Å². The van der Waals surface area contributed by atoms with Gasteiger partial charge < -0.3 is 4.74 Å². The first kappa shape index (κ1) is 14.6. The van der Waals surface area contributed by atoms with Gasteiger partial charge in [0.05, 0.1) is 0 Å². The molecule has 1 heterocycles. The number of aromatic nitrogens is 1. The summed E-state index contributed by atoms with van der Waals surface area (Å²) in [6.45, 7) is 2.36. The van der Waals surface area contributed by atoms with Gasteiger partial charge in [0.1, 0.15) is 12.4 Å². The molecular weight excluding hydrogens is 279 g/mol. The molecule has 2 rings (SSSR count). The van der Waals surface area contributed by atoms with Crippen LogP contribution in [0.1, 0.15) is 17.4 Å². The van der Waals surface area contributed by atoms with E-state index in [-0.39, 0.29) is 18.3 Å². The molecule has 106 valence electrons. The predicted molar refractivity (Wildman–Crippen MR) is 76.4 cm³/mol. The molecule has 0 unspecified atom stereocenters. The van der Waals surface area contributed by atoms with Crippen molar-refractivity contribution in [1.29, 1.82) is 0 Å². The number of thiazole rings is 1. The molecule has 0 aliphatic rings. The lowest BCUT2D eigenvalue weighted by Gasteiger charge is -2.01. The molecule has 0 saturated heterocycles. The van der Waals surface area contributed by atoms with Crippen molar-refractivity contribution in [3.63, 3.8) is 0 Å². The Kier molecular flexibility index (Phi) is 5.20. The van der Waals surface area contributed by atoms with Crippen LogP contribution in [0.2, 0.25) is 0 Å². The van der Waals surface area contributed by atoms with Crippen molar-refractivity contribution in [3.8, 4) is 0 Å². The van der Waals surface area contributed by atoms with Gasteiger partial charge in [-0.15, -0.1) is 11.3 Å². The second kappa shape index (κ2) is 7.12. The predicted octanol–water partition coefficient (Wildman–Crippen LogP) is 2.85. The van der Waals surface area contributed by atoms with Crippen LogP contribution < -0.4 is 5.32 Å². The fourth-order valence-electron chi connectivity index (χ4n) is 1.60. The maximum absolute atomic E-state index is 12.8. The third kappa shape index (κ3) is 4.40. The van der Waals surface area contributed by atoms with Gasteiger partial charge in [0.25, 0.3) is 5.91 Å². The van der Waals surface area contributed by atoms with Crippen LogP contribution in [0.25, 0.3) is 0 Å². The molecule has 1 aromatic carbocycles. The fourth-order valence-corrected chi connectivity index (χ4v) is 2.46. The quantitative estimate of drug-likeness (QED) is 0.891. The van der Waals surface area contributed by atoms with Crippen LogP contribution in [0.15, 0.2) is 30.5 Å². The average Bonchev–Trinajstić information content (AvgIpc) is 2.86. The van der Waals surface area contributed by atoms with E-state index in [9.17, 15) is 9.18 Å². The van der Waals surface area contributed by atoms with Crippen molar-refractivity contribution in [2.24, 2.45) is 0 Å². The Morgan fingerprint density at radius 1 is 1.40 bits per heavy atom. The Hall–Kier alpha value is -1.79. The molecule has 20 heavy (non-hydrogen) atoms. The number of benzene rings is 1. The highest BCUT2D eigenvalue weighted by Crippen LogP contribution is 2.21. The molecule has 2 aromatic rings.